The minimum absolute atomic E-state index is 0.0573. The van der Waals surface area contributed by atoms with E-state index in [2.05, 4.69) is 10.6 Å². The van der Waals surface area contributed by atoms with Crippen molar-refractivity contribution in [3.8, 4) is 0 Å². The van der Waals surface area contributed by atoms with E-state index in [1.807, 2.05) is 12.1 Å². The number of hydrogen-bond donors (Lipinski definition) is 3. The second kappa shape index (κ2) is 4.86. The summed E-state index contributed by atoms with van der Waals surface area (Å²) in [7, 11) is 0. The number of carboxylic acid groups (broad SMARTS) is 1. The van der Waals surface area contributed by atoms with Gasteiger partial charge in [-0.3, -0.25) is 9.59 Å². The van der Waals surface area contributed by atoms with Crippen molar-refractivity contribution in [2.24, 2.45) is 0 Å². The predicted molar refractivity (Wildman–Crippen MR) is 63.2 cm³/mol. The lowest BCUT2D eigenvalue weighted by atomic mass is 10.1. The van der Waals surface area contributed by atoms with Crippen molar-refractivity contribution < 1.29 is 14.7 Å². The lowest BCUT2D eigenvalue weighted by Gasteiger charge is -2.05. The molecule has 17 heavy (non-hydrogen) atoms. The lowest BCUT2D eigenvalue weighted by Crippen LogP contribution is -2.26. The number of carbonyl (C=O) groups excluding carboxylic acids is 1. The van der Waals surface area contributed by atoms with Crippen LogP contribution in [0.4, 0.5) is 5.69 Å². The topological polar surface area (TPSA) is 78.4 Å². The van der Waals surface area contributed by atoms with Crippen LogP contribution in [0.5, 0.6) is 0 Å². The zero-order chi connectivity index (χ0) is 12.3. The van der Waals surface area contributed by atoms with Crippen molar-refractivity contribution in [3.63, 3.8) is 0 Å². The number of carbonyl (C=O) groups is 2. The molecule has 5 nitrogen and oxygen atoms in total. The molecule has 1 aromatic carbocycles. The third-order valence-electron chi connectivity index (χ3n) is 2.70. The van der Waals surface area contributed by atoms with Crippen molar-refractivity contribution in [2.45, 2.75) is 12.8 Å². The number of carboxylic acids is 1. The Morgan fingerprint density at radius 2 is 2.24 bits per heavy atom. The summed E-state index contributed by atoms with van der Waals surface area (Å²) in [5.41, 5.74) is 2.79. The van der Waals surface area contributed by atoms with Crippen LogP contribution in [0.3, 0.4) is 0 Å². The standard InChI is InChI=1S/C12H14N2O3/c15-11(16)4-6-14-12(17)9-1-2-10-8(7-9)3-5-13-10/h1-2,7,13H,3-6H2,(H,14,17)(H,15,16). The molecule has 1 amide bonds. The van der Waals surface area contributed by atoms with E-state index in [4.69, 9.17) is 5.11 Å². The van der Waals surface area contributed by atoms with Crippen molar-refractivity contribution in [2.75, 3.05) is 18.4 Å². The summed E-state index contributed by atoms with van der Waals surface area (Å²) in [6, 6.07) is 5.48. The van der Waals surface area contributed by atoms with Crippen molar-refractivity contribution >= 4 is 17.6 Å². The van der Waals surface area contributed by atoms with Crippen LogP contribution in [-0.2, 0) is 11.2 Å². The normalized spacial score (nSPS) is 12.7. The third-order valence-corrected chi connectivity index (χ3v) is 2.70. The van der Waals surface area contributed by atoms with Gasteiger partial charge in [0, 0.05) is 24.3 Å². The van der Waals surface area contributed by atoms with E-state index >= 15 is 0 Å². The Labute approximate surface area is 98.8 Å². The maximum atomic E-state index is 11.7. The molecule has 5 heteroatoms. The quantitative estimate of drug-likeness (QED) is 0.722. The number of anilines is 1. The van der Waals surface area contributed by atoms with Crippen molar-refractivity contribution in [1.29, 1.82) is 0 Å². The average molecular weight is 234 g/mol. The number of rotatable bonds is 4. The average Bonchev–Trinajstić information content (AvgIpc) is 2.75. The van der Waals surface area contributed by atoms with E-state index in [9.17, 15) is 9.59 Å². The molecule has 2 rings (SSSR count). The minimum atomic E-state index is -0.913. The number of aliphatic carboxylic acids is 1. The Morgan fingerprint density at radius 3 is 3.00 bits per heavy atom. The second-order valence-electron chi connectivity index (χ2n) is 3.95. The third kappa shape index (κ3) is 2.75. The SMILES string of the molecule is O=C(O)CCNC(=O)c1ccc2c(c1)CCN2. The molecule has 90 valence electrons. The highest BCUT2D eigenvalue weighted by Gasteiger charge is 2.13. The molecule has 1 aliphatic heterocycles. The van der Waals surface area contributed by atoms with Crippen LogP contribution < -0.4 is 10.6 Å². The molecule has 0 bridgehead atoms. The fraction of sp³-hybridized carbons (Fsp3) is 0.333. The van der Waals surface area contributed by atoms with Gasteiger partial charge in [0.25, 0.3) is 5.91 Å². The summed E-state index contributed by atoms with van der Waals surface area (Å²) in [6.07, 6.45) is 0.865. The zero-order valence-electron chi connectivity index (χ0n) is 9.32. The molecule has 0 radical (unpaired) electrons. The highest BCUT2D eigenvalue weighted by atomic mass is 16.4. The summed E-state index contributed by atoms with van der Waals surface area (Å²) in [5, 5.41) is 14.3. The molecule has 0 aliphatic carbocycles. The van der Waals surface area contributed by atoms with E-state index in [-0.39, 0.29) is 18.9 Å². The van der Waals surface area contributed by atoms with E-state index in [0.717, 1.165) is 24.2 Å². The fourth-order valence-electron chi connectivity index (χ4n) is 1.83. The summed E-state index contributed by atoms with van der Waals surface area (Å²) in [4.78, 5) is 22.0. The molecular formula is C12H14N2O3. The first-order valence-electron chi connectivity index (χ1n) is 5.53. The summed E-state index contributed by atoms with van der Waals surface area (Å²) in [6.45, 7) is 1.06. The van der Waals surface area contributed by atoms with Crippen LogP contribution in [0.2, 0.25) is 0 Å². The van der Waals surface area contributed by atoms with Gasteiger partial charge in [0.2, 0.25) is 0 Å². The van der Waals surface area contributed by atoms with Gasteiger partial charge in [-0.15, -0.1) is 0 Å². The molecule has 0 aromatic heterocycles. The Kier molecular flexibility index (Phi) is 3.27. The number of hydrogen-bond acceptors (Lipinski definition) is 3. The van der Waals surface area contributed by atoms with E-state index < -0.39 is 5.97 Å². The predicted octanol–water partition coefficient (Wildman–Crippen LogP) is 0.859. The van der Waals surface area contributed by atoms with E-state index in [1.54, 1.807) is 6.07 Å². The second-order valence-corrected chi connectivity index (χ2v) is 3.95. The monoisotopic (exact) mass is 234 g/mol. The summed E-state index contributed by atoms with van der Waals surface area (Å²) in [5.74, 6) is -1.13. The van der Waals surface area contributed by atoms with Crippen LogP contribution in [0, 0.1) is 0 Å². The van der Waals surface area contributed by atoms with E-state index in [1.165, 1.54) is 0 Å². The first-order valence-corrected chi connectivity index (χ1v) is 5.53. The van der Waals surface area contributed by atoms with Gasteiger partial charge in [0.15, 0.2) is 0 Å². The largest absolute Gasteiger partial charge is 0.481 e. The smallest absolute Gasteiger partial charge is 0.305 e. The van der Waals surface area contributed by atoms with E-state index in [0.29, 0.717) is 5.56 Å². The highest BCUT2D eigenvalue weighted by Crippen LogP contribution is 2.22. The van der Waals surface area contributed by atoms with Gasteiger partial charge in [-0.25, -0.2) is 0 Å². The number of fused-ring (bicyclic) bond motifs is 1. The van der Waals surface area contributed by atoms with Gasteiger partial charge in [0.05, 0.1) is 6.42 Å². The molecule has 0 fully saturated rings. The maximum absolute atomic E-state index is 11.7. The van der Waals surface area contributed by atoms with Crippen molar-refractivity contribution in [1.82, 2.24) is 5.32 Å². The van der Waals surface area contributed by atoms with Crippen LogP contribution in [0.1, 0.15) is 22.3 Å². The first-order chi connectivity index (χ1) is 8.16. The van der Waals surface area contributed by atoms with Crippen LogP contribution >= 0.6 is 0 Å². The molecule has 3 N–H and O–H groups in total. The summed E-state index contributed by atoms with van der Waals surface area (Å²) >= 11 is 0. The van der Waals surface area contributed by atoms with Gasteiger partial charge in [-0.2, -0.15) is 0 Å². The van der Waals surface area contributed by atoms with Gasteiger partial charge < -0.3 is 15.7 Å². The minimum Gasteiger partial charge on any atom is -0.481 e. The molecular weight excluding hydrogens is 220 g/mol. The molecule has 1 aromatic rings. The zero-order valence-corrected chi connectivity index (χ0v) is 9.32. The van der Waals surface area contributed by atoms with Gasteiger partial charge in [0.1, 0.15) is 0 Å². The van der Waals surface area contributed by atoms with Crippen LogP contribution in [0.15, 0.2) is 18.2 Å². The molecule has 1 heterocycles. The highest BCUT2D eigenvalue weighted by molar-refractivity contribution is 5.95. The van der Waals surface area contributed by atoms with Gasteiger partial charge in [-0.1, -0.05) is 0 Å². The molecule has 1 aliphatic rings. The fourth-order valence-corrected chi connectivity index (χ4v) is 1.83. The number of benzene rings is 1. The van der Waals surface area contributed by atoms with Gasteiger partial charge >= 0.3 is 5.97 Å². The number of amides is 1. The molecule has 0 spiro atoms. The Hall–Kier alpha value is -2.04. The Balaban J connectivity index is 1.97. The summed E-state index contributed by atoms with van der Waals surface area (Å²) < 4.78 is 0. The van der Waals surface area contributed by atoms with Gasteiger partial charge in [-0.05, 0) is 30.2 Å². The lowest BCUT2D eigenvalue weighted by molar-refractivity contribution is -0.136. The van der Waals surface area contributed by atoms with Crippen LogP contribution in [0.25, 0.3) is 0 Å². The molecule has 0 saturated carbocycles. The number of nitrogens with one attached hydrogen (secondary N) is 2. The molecule has 0 atom stereocenters. The van der Waals surface area contributed by atoms with Crippen LogP contribution in [-0.4, -0.2) is 30.1 Å². The Bertz CT molecular complexity index is 457. The Morgan fingerprint density at radius 1 is 1.41 bits per heavy atom. The molecule has 0 saturated heterocycles. The molecule has 0 unspecified atom stereocenters. The van der Waals surface area contributed by atoms with Crippen molar-refractivity contribution in [3.05, 3.63) is 29.3 Å². The first kappa shape index (κ1) is 11.4. The maximum Gasteiger partial charge on any atom is 0.305 e.